The summed E-state index contributed by atoms with van der Waals surface area (Å²) in [5.41, 5.74) is 0. The number of aliphatic hydroxyl groups excluding tert-OH is 3. The first kappa shape index (κ1) is 25.3. The number of aliphatic hydroxyl groups is 3. The van der Waals surface area contributed by atoms with E-state index in [-0.39, 0.29) is 58.0 Å². The molecule has 0 aliphatic carbocycles. The van der Waals surface area contributed by atoms with Crippen LogP contribution >= 0.6 is 0 Å². The van der Waals surface area contributed by atoms with Crippen molar-refractivity contribution in [1.29, 1.82) is 0 Å². The minimum atomic E-state index is -4.64. The summed E-state index contributed by atoms with van der Waals surface area (Å²) >= 11 is 0. The maximum Gasteiger partial charge on any atom is 1.00 e. The summed E-state index contributed by atoms with van der Waals surface area (Å²) in [7, 11) is -4.64. The van der Waals surface area contributed by atoms with E-state index in [2.05, 4.69) is 6.92 Å². The van der Waals surface area contributed by atoms with E-state index >= 15 is 0 Å². The topological polar surface area (TPSA) is 136 Å². The smallest absolute Gasteiger partial charge is 0.748 e. The van der Waals surface area contributed by atoms with Gasteiger partial charge in [-0.2, -0.15) is 0 Å². The van der Waals surface area contributed by atoms with Gasteiger partial charge in [-0.3, -0.25) is 0 Å². The van der Waals surface area contributed by atoms with Crippen LogP contribution in [0.3, 0.4) is 0 Å². The Kier molecular flexibility index (Phi) is 13.4. The fraction of sp³-hybridized carbons (Fsp3) is 1.00. The molecular formula is C14H27KO8S. The summed E-state index contributed by atoms with van der Waals surface area (Å²) in [6.07, 6.45) is -1.25. The Morgan fingerprint density at radius 3 is 2.17 bits per heavy atom. The van der Waals surface area contributed by atoms with Crippen molar-refractivity contribution in [1.82, 2.24) is 0 Å². The predicted octanol–water partition coefficient (Wildman–Crippen LogP) is -3.28. The summed E-state index contributed by atoms with van der Waals surface area (Å²) in [5, 5.41) is 29.2. The Morgan fingerprint density at radius 2 is 1.58 bits per heavy atom. The molecular weight excluding hydrogens is 367 g/mol. The predicted molar refractivity (Wildman–Crippen MR) is 80.6 cm³/mol. The third-order valence-corrected chi connectivity index (χ3v) is 4.55. The van der Waals surface area contributed by atoms with Crippen LogP contribution in [-0.2, 0) is 19.6 Å². The van der Waals surface area contributed by atoms with E-state index in [9.17, 15) is 28.3 Å². The molecule has 1 saturated heterocycles. The van der Waals surface area contributed by atoms with Gasteiger partial charge in [-0.1, -0.05) is 39.0 Å². The Hall–Kier alpha value is 1.35. The zero-order chi connectivity index (χ0) is 17.5. The van der Waals surface area contributed by atoms with Crippen LogP contribution in [0.15, 0.2) is 0 Å². The molecule has 0 aromatic rings. The first-order valence-electron chi connectivity index (χ1n) is 8.01. The molecule has 24 heavy (non-hydrogen) atoms. The second-order valence-corrected chi connectivity index (χ2v) is 7.33. The van der Waals surface area contributed by atoms with Crippen molar-refractivity contribution in [2.24, 2.45) is 0 Å². The molecule has 1 fully saturated rings. The standard InChI is InChI=1S/C14H28O8S.K/c1-2-3-4-5-6-7-8-21-14-13(17)12(16)11(15)10(22-14)9-23(18,19)20;/h10-17H,2-9H2,1H3,(H,18,19,20);/q;+1/p-1/t10-,11-,12+,13-,14-;/m1./s1. The van der Waals surface area contributed by atoms with Gasteiger partial charge in [0.25, 0.3) is 0 Å². The van der Waals surface area contributed by atoms with Crippen LogP contribution < -0.4 is 51.4 Å². The van der Waals surface area contributed by atoms with Crippen molar-refractivity contribution in [3.63, 3.8) is 0 Å². The van der Waals surface area contributed by atoms with Crippen LogP contribution in [0.2, 0.25) is 0 Å². The third kappa shape index (κ3) is 9.33. The molecule has 10 heteroatoms. The molecule has 1 aliphatic rings. The summed E-state index contributed by atoms with van der Waals surface area (Å²) in [5.74, 6) is -0.991. The van der Waals surface area contributed by atoms with Crippen LogP contribution in [-0.4, -0.2) is 71.4 Å². The Bertz CT molecular complexity index is 432. The molecule has 1 heterocycles. The minimum Gasteiger partial charge on any atom is -0.748 e. The second kappa shape index (κ2) is 12.7. The van der Waals surface area contributed by atoms with Crippen LogP contribution in [0, 0.1) is 0 Å². The van der Waals surface area contributed by atoms with Gasteiger partial charge in [0, 0.05) is 6.61 Å². The molecule has 0 amide bonds. The number of hydrogen-bond acceptors (Lipinski definition) is 8. The van der Waals surface area contributed by atoms with Crippen LogP contribution in [0.4, 0.5) is 0 Å². The number of unbranched alkanes of at least 4 members (excludes halogenated alkanes) is 5. The van der Waals surface area contributed by atoms with E-state index in [0.717, 1.165) is 32.1 Å². The first-order chi connectivity index (χ1) is 10.8. The number of hydrogen-bond donors (Lipinski definition) is 3. The average molecular weight is 395 g/mol. The Balaban J connectivity index is 0.00000529. The van der Waals surface area contributed by atoms with Gasteiger partial charge in [0.15, 0.2) is 6.29 Å². The van der Waals surface area contributed by atoms with E-state index < -0.39 is 46.6 Å². The summed E-state index contributed by atoms with van der Waals surface area (Å²) < 4.78 is 42.8. The van der Waals surface area contributed by atoms with Crippen molar-refractivity contribution in [2.75, 3.05) is 12.4 Å². The number of rotatable bonds is 10. The zero-order valence-electron chi connectivity index (χ0n) is 14.3. The van der Waals surface area contributed by atoms with Gasteiger partial charge in [0.05, 0.1) is 15.9 Å². The molecule has 0 aromatic carbocycles. The van der Waals surface area contributed by atoms with Gasteiger partial charge in [0.1, 0.15) is 24.4 Å². The van der Waals surface area contributed by atoms with Crippen LogP contribution in [0.5, 0.6) is 0 Å². The number of ether oxygens (including phenoxy) is 2. The van der Waals surface area contributed by atoms with E-state index in [1.165, 1.54) is 6.42 Å². The maximum absolute atomic E-state index is 10.8. The van der Waals surface area contributed by atoms with Crippen molar-refractivity contribution in [3.8, 4) is 0 Å². The van der Waals surface area contributed by atoms with Crippen LogP contribution in [0.1, 0.15) is 45.4 Å². The monoisotopic (exact) mass is 394 g/mol. The van der Waals surface area contributed by atoms with Gasteiger partial charge in [-0.25, -0.2) is 8.42 Å². The molecule has 8 nitrogen and oxygen atoms in total. The molecule has 0 aromatic heterocycles. The second-order valence-electron chi connectivity index (χ2n) is 5.88. The van der Waals surface area contributed by atoms with Gasteiger partial charge < -0.3 is 29.3 Å². The molecule has 1 rings (SSSR count). The zero-order valence-corrected chi connectivity index (χ0v) is 18.3. The van der Waals surface area contributed by atoms with Gasteiger partial charge >= 0.3 is 51.4 Å². The summed E-state index contributed by atoms with van der Waals surface area (Å²) in [6, 6.07) is 0. The van der Waals surface area contributed by atoms with Gasteiger partial charge in [0.2, 0.25) is 0 Å². The van der Waals surface area contributed by atoms with Crippen molar-refractivity contribution >= 4 is 10.1 Å². The third-order valence-electron chi connectivity index (χ3n) is 3.82. The molecule has 1 aliphatic heterocycles. The Labute approximate surface area is 186 Å². The van der Waals surface area contributed by atoms with Crippen molar-refractivity contribution in [2.45, 2.75) is 76.2 Å². The van der Waals surface area contributed by atoms with Gasteiger partial charge in [-0.05, 0) is 6.42 Å². The molecule has 0 unspecified atom stereocenters. The largest absolute Gasteiger partial charge is 1.00 e. The molecule has 0 spiro atoms. The quantitative estimate of drug-likeness (QED) is 0.199. The molecule has 3 N–H and O–H groups in total. The Morgan fingerprint density at radius 1 is 1.00 bits per heavy atom. The molecule has 5 atom stereocenters. The van der Waals surface area contributed by atoms with Crippen LogP contribution in [0.25, 0.3) is 0 Å². The normalized spacial score (nSPS) is 30.8. The molecule has 0 radical (unpaired) electrons. The average Bonchev–Trinajstić information content (AvgIpc) is 2.47. The fourth-order valence-electron chi connectivity index (χ4n) is 2.48. The molecule has 138 valence electrons. The first-order valence-corrected chi connectivity index (χ1v) is 9.59. The molecule has 0 saturated carbocycles. The van der Waals surface area contributed by atoms with E-state index in [1.807, 2.05) is 0 Å². The maximum atomic E-state index is 10.8. The minimum absolute atomic E-state index is 0. The van der Waals surface area contributed by atoms with E-state index in [0.29, 0.717) is 0 Å². The molecule has 0 bridgehead atoms. The SMILES string of the molecule is CCCCCCCCO[C@@H]1O[C@H](CS(=O)(=O)[O-])[C@@H](O)[C@H](O)[C@H]1O.[K+]. The fourth-order valence-corrected chi connectivity index (χ4v) is 3.15. The van der Waals surface area contributed by atoms with E-state index in [1.54, 1.807) is 0 Å². The van der Waals surface area contributed by atoms with Crippen molar-refractivity contribution < 1.29 is 89.1 Å². The summed E-state index contributed by atoms with van der Waals surface area (Å²) in [6.45, 7) is 2.40. The summed E-state index contributed by atoms with van der Waals surface area (Å²) in [4.78, 5) is 0. The van der Waals surface area contributed by atoms with Crippen molar-refractivity contribution in [3.05, 3.63) is 0 Å². The van der Waals surface area contributed by atoms with E-state index in [4.69, 9.17) is 9.47 Å². The van der Waals surface area contributed by atoms with Gasteiger partial charge in [-0.15, -0.1) is 0 Å².